The quantitative estimate of drug-likeness (QED) is 0.641. The lowest BCUT2D eigenvalue weighted by Crippen LogP contribution is -2.08. The van der Waals surface area contributed by atoms with E-state index in [-0.39, 0.29) is 22.9 Å². The number of nitriles is 1. The van der Waals surface area contributed by atoms with Crippen LogP contribution < -0.4 is 10.5 Å². The first-order valence-corrected chi connectivity index (χ1v) is 4.65. The molecule has 2 N–H and O–H groups in total. The number of hydrogen-bond acceptors (Lipinski definition) is 5. The van der Waals surface area contributed by atoms with Crippen LogP contribution in [0, 0.1) is 11.3 Å². The number of carbonyl (C=O) groups excluding carboxylic acids is 1. The Bertz CT molecular complexity index is 454. The van der Waals surface area contributed by atoms with Gasteiger partial charge < -0.3 is 15.2 Å². The zero-order valence-electron chi connectivity index (χ0n) is 8.49. The Hall–Kier alpha value is -1.93. The number of halogens is 1. The molecule has 0 saturated carbocycles. The summed E-state index contributed by atoms with van der Waals surface area (Å²) in [6, 6.07) is 4.45. The minimum atomic E-state index is -0.680. The van der Waals surface area contributed by atoms with Gasteiger partial charge in [0.15, 0.2) is 6.61 Å². The molecule has 6 heteroatoms. The molecule has 0 aromatic heterocycles. The number of nitrogens with two attached hydrogens (primary N) is 1. The molecule has 1 aromatic carbocycles. The third kappa shape index (κ3) is 2.55. The first-order valence-electron chi connectivity index (χ1n) is 4.27. The summed E-state index contributed by atoms with van der Waals surface area (Å²) in [4.78, 5) is 11.5. The summed E-state index contributed by atoms with van der Waals surface area (Å²) in [5.41, 5.74) is 5.99. The van der Waals surface area contributed by atoms with Gasteiger partial charge in [0.1, 0.15) is 17.4 Å². The highest BCUT2D eigenvalue weighted by molar-refractivity contribution is 6.33. The van der Waals surface area contributed by atoms with Crippen molar-refractivity contribution in [1.82, 2.24) is 0 Å². The Labute approximate surface area is 97.3 Å². The maximum atomic E-state index is 11.5. The fourth-order valence-corrected chi connectivity index (χ4v) is 1.24. The molecular weight excluding hydrogens is 232 g/mol. The van der Waals surface area contributed by atoms with E-state index in [2.05, 4.69) is 4.74 Å². The Morgan fingerprint density at radius 1 is 1.62 bits per heavy atom. The minimum absolute atomic E-state index is 0.136. The van der Waals surface area contributed by atoms with Gasteiger partial charge in [0.25, 0.3) is 0 Å². The summed E-state index contributed by atoms with van der Waals surface area (Å²) in [5.74, 6) is -0.426. The number of nitrogens with zero attached hydrogens (tertiary/aromatic N) is 1. The second-order valence-electron chi connectivity index (χ2n) is 2.81. The molecule has 0 bridgehead atoms. The number of benzene rings is 1. The van der Waals surface area contributed by atoms with E-state index in [4.69, 9.17) is 27.3 Å². The number of esters is 1. The number of carbonyl (C=O) groups is 1. The zero-order valence-corrected chi connectivity index (χ0v) is 9.25. The third-order valence-electron chi connectivity index (χ3n) is 1.81. The summed E-state index contributed by atoms with van der Waals surface area (Å²) in [6.07, 6.45) is 0. The van der Waals surface area contributed by atoms with Gasteiger partial charge >= 0.3 is 5.97 Å². The molecule has 1 rings (SSSR count). The van der Waals surface area contributed by atoms with E-state index >= 15 is 0 Å². The molecule has 16 heavy (non-hydrogen) atoms. The number of hydrogen-bond donors (Lipinski definition) is 1. The van der Waals surface area contributed by atoms with Gasteiger partial charge in [0.2, 0.25) is 0 Å². The summed E-state index contributed by atoms with van der Waals surface area (Å²) in [6.45, 7) is -0.329. The molecule has 0 atom stereocenters. The molecule has 0 spiro atoms. The van der Waals surface area contributed by atoms with E-state index in [0.717, 1.165) is 0 Å². The van der Waals surface area contributed by atoms with E-state index < -0.39 is 5.97 Å². The van der Waals surface area contributed by atoms with Crippen molar-refractivity contribution in [2.24, 2.45) is 0 Å². The van der Waals surface area contributed by atoms with Crippen molar-refractivity contribution in [3.8, 4) is 11.8 Å². The smallest absolute Gasteiger partial charge is 0.343 e. The predicted octanol–water partition coefficient (Wildman–Crippen LogP) is 1.61. The molecule has 0 heterocycles. The van der Waals surface area contributed by atoms with E-state index in [1.165, 1.54) is 19.2 Å². The topological polar surface area (TPSA) is 85.3 Å². The average molecular weight is 241 g/mol. The van der Waals surface area contributed by atoms with Crippen LogP contribution >= 0.6 is 11.6 Å². The summed E-state index contributed by atoms with van der Waals surface area (Å²) < 4.78 is 9.59. The van der Waals surface area contributed by atoms with E-state index in [0.29, 0.717) is 5.69 Å². The summed E-state index contributed by atoms with van der Waals surface area (Å²) >= 11 is 5.77. The van der Waals surface area contributed by atoms with Crippen LogP contribution in [0.25, 0.3) is 0 Å². The highest BCUT2D eigenvalue weighted by Crippen LogP contribution is 2.29. The molecule has 84 valence electrons. The van der Waals surface area contributed by atoms with Crippen molar-refractivity contribution in [3.63, 3.8) is 0 Å². The molecule has 0 aliphatic heterocycles. The number of ether oxygens (including phenoxy) is 2. The van der Waals surface area contributed by atoms with Gasteiger partial charge in [-0.2, -0.15) is 5.26 Å². The molecule has 1 aromatic rings. The maximum Gasteiger partial charge on any atom is 0.343 e. The Kier molecular flexibility index (Phi) is 3.97. The highest BCUT2D eigenvalue weighted by atomic mass is 35.5. The molecule has 0 unspecified atom stereocenters. The van der Waals surface area contributed by atoms with Gasteiger partial charge in [0.05, 0.1) is 17.8 Å². The van der Waals surface area contributed by atoms with Crippen LogP contribution in [0.1, 0.15) is 10.4 Å². The highest BCUT2D eigenvalue weighted by Gasteiger charge is 2.16. The lowest BCUT2D eigenvalue weighted by Gasteiger charge is -2.09. The van der Waals surface area contributed by atoms with Crippen molar-refractivity contribution in [1.29, 1.82) is 5.26 Å². The normalized spacial score (nSPS) is 9.31. The first-order chi connectivity index (χ1) is 7.60. The van der Waals surface area contributed by atoms with Crippen molar-refractivity contribution in [3.05, 3.63) is 22.7 Å². The van der Waals surface area contributed by atoms with Gasteiger partial charge in [-0.1, -0.05) is 11.6 Å². The Morgan fingerprint density at radius 3 is 2.88 bits per heavy atom. The van der Waals surface area contributed by atoms with Crippen LogP contribution in [0.3, 0.4) is 0 Å². The number of rotatable bonds is 3. The SMILES string of the molecule is COc1cc(N)c(Cl)cc1C(=O)OCC#N. The van der Waals surface area contributed by atoms with Gasteiger partial charge in [-0.15, -0.1) is 0 Å². The molecule has 0 fully saturated rings. The standard InChI is InChI=1S/C10H9ClN2O3/c1-15-9-5-8(13)7(11)4-6(9)10(14)16-3-2-12/h4-5H,3,13H2,1H3. The number of anilines is 1. The van der Waals surface area contributed by atoms with Crippen LogP contribution in [-0.2, 0) is 4.74 Å². The first kappa shape index (κ1) is 12.1. The second kappa shape index (κ2) is 5.24. The second-order valence-corrected chi connectivity index (χ2v) is 3.22. The van der Waals surface area contributed by atoms with Gasteiger partial charge in [-0.05, 0) is 6.07 Å². The molecule has 0 aliphatic rings. The van der Waals surface area contributed by atoms with Gasteiger partial charge in [-0.3, -0.25) is 0 Å². The van der Waals surface area contributed by atoms with E-state index in [9.17, 15) is 4.79 Å². The molecule has 0 aliphatic carbocycles. The average Bonchev–Trinajstić information content (AvgIpc) is 2.28. The van der Waals surface area contributed by atoms with Gasteiger partial charge in [0, 0.05) is 6.07 Å². The number of methoxy groups -OCH3 is 1. The van der Waals surface area contributed by atoms with E-state index in [1.807, 2.05) is 0 Å². The fourth-order valence-electron chi connectivity index (χ4n) is 1.07. The van der Waals surface area contributed by atoms with E-state index in [1.54, 1.807) is 6.07 Å². The monoisotopic (exact) mass is 240 g/mol. The van der Waals surface area contributed by atoms with Crippen molar-refractivity contribution in [2.45, 2.75) is 0 Å². The third-order valence-corrected chi connectivity index (χ3v) is 2.13. The lowest BCUT2D eigenvalue weighted by atomic mass is 10.2. The Balaban J connectivity index is 3.07. The summed E-state index contributed by atoms with van der Waals surface area (Å²) in [5, 5.41) is 8.51. The zero-order chi connectivity index (χ0) is 12.1. The van der Waals surface area contributed by atoms with Gasteiger partial charge in [-0.25, -0.2) is 4.79 Å². The molecule has 0 saturated heterocycles. The van der Waals surface area contributed by atoms with Crippen LogP contribution in [-0.4, -0.2) is 19.7 Å². The largest absolute Gasteiger partial charge is 0.496 e. The predicted molar refractivity (Wildman–Crippen MR) is 58.3 cm³/mol. The van der Waals surface area contributed by atoms with Crippen molar-refractivity contribution < 1.29 is 14.3 Å². The fraction of sp³-hybridized carbons (Fsp3) is 0.200. The summed E-state index contributed by atoms with van der Waals surface area (Å²) in [7, 11) is 1.39. The van der Waals surface area contributed by atoms with Crippen LogP contribution in [0.2, 0.25) is 5.02 Å². The van der Waals surface area contributed by atoms with Crippen LogP contribution in [0.5, 0.6) is 5.75 Å². The molecule has 0 radical (unpaired) electrons. The lowest BCUT2D eigenvalue weighted by molar-refractivity contribution is 0.0551. The van der Waals surface area contributed by atoms with Crippen molar-refractivity contribution >= 4 is 23.3 Å². The van der Waals surface area contributed by atoms with Crippen LogP contribution in [0.4, 0.5) is 5.69 Å². The molecule has 0 amide bonds. The van der Waals surface area contributed by atoms with Crippen LogP contribution in [0.15, 0.2) is 12.1 Å². The minimum Gasteiger partial charge on any atom is -0.496 e. The number of nitrogen functional groups attached to an aromatic ring is 1. The van der Waals surface area contributed by atoms with Crippen molar-refractivity contribution in [2.75, 3.05) is 19.5 Å². The molecular formula is C10H9ClN2O3. The Morgan fingerprint density at radius 2 is 2.31 bits per heavy atom. The maximum absolute atomic E-state index is 11.5. The molecule has 5 nitrogen and oxygen atoms in total.